The van der Waals surface area contributed by atoms with E-state index in [2.05, 4.69) is 4.18 Å². The summed E-state index contributed by atoms with van der Waals surface area (Å²) in [7, 11) is -9.50. The van der Waals surface area contributed by atoms with Gasteiger partial charge in [0.05, 0.1) is 43.5 Å². The quantitative estimate of drug-likeness (QED) is 0.194. The first-order valence-corrected chi connectivity index (χ1v) is 11.3. The fraction of sp³-hybridized carbons (Fsp3) is 0.923. The zero-order chi connectivity index (χ0) is 22.0. The van der Waals surface area contributed by atoms with Crippen LogP contribution in [0.25, 0.3) is 0 Å². The van der Waals surface area contributed by atoms with Crippen LogP contribution in [0, 0.1) is 11.8 Å². The second-order valence-corrected chi connectivity index (χ2v) is 9.36. The normalized spacial score (nSPS) is 34.8. The number of hydrogen-bond donors (Lipinski definition) is 6. The van der Waals surface area contributed by atoms with Crippen LogP contribution in [0.1, 0.15) is 6.42 Å². The van der Waals surface area contributed by atoms with Crippen molar-refractivity contribution in [2.24, 2.45) is 11.8 Å². The van der Waals surface area contributed by atoms with Crippen molar-refractivity contribution in [3.8, 4) is 0 Å². The molecule has 0 aromatic heterocycles. The van der Waals surface area contributed by atoms with Crippen LogP contribution >= 0.6 is 0 Å². The van der Waals surface area contributed by atoms with Crippen LogP contribution in [0.15, 0.2) is 0 Å². The highest BCUT2D eigenvalue weighted by molar-refractivity contribution is 7.83. The molecule has 170 valence electrons. The summed E-state index contributed by atoms with van der Waals surface area (Å²) >= 11 is 0. The van der Waals surface area contributed by atoms with Crippen molar-refractivity contribution < 1.29 is 55.0 Å². The zero-order valence-corrected chi connectivity index (χ0v) is 16.7. The number of aliphatic hydroxyl groups is 2. The summed E-state index contributed by atoms with van der Waals surface area (Å²) in [6.07, 6.45) is -3.51. The molecule has 3 unspecified atom stereocenters. The summed E-state index contributed by atoms with van der Waals surface area (Å²) in [6, 6.07) is -1.28. The van der Waals surface area contributed by atoms with E-state index >= 15 is 0 Å². The molecule has 2 aliphatic heterocycles. The number of aliphatic hydroxyl groups excluding tert-OH is 2. The number of aliphatic carboxylic acids is 1. The van der Waals surface area contributed by atoms with Gasteiger partial charge in [-0.05, 0) is 6.42 Å². The molecule has 6 atom stereocenters. The van der Waals surface area contributed by atoms with Crippen molar-refractivity contribution in [3.63, 3.8) is 0 Å². The number of piperidine rings is 1. The Labute approximate surface area is 167 Å². The molecule has 0 saturated carbocycles. The molecule has 0 aromatic carbocycles. The highest BCUT2D eigenvalue weighted by Gasteiger charge is 2.43. The lowest BCUT2D eigenvalue weighted by atomic mass is 9.87. The number of hydrogen-bond acceptors (Lipinski definition) is 10. The van der Waals surface area contributed by atoms with Crippen molar-refractivity contribution >= 4 is 26.7 Å². The molecule has 0 aromatic rings. The van der Waals surface area contributed by atoms with Crippen molar-refractivity contribution in [2.45, 2.75) is 30.8 Å². The maximum absolute atomic E-state index is 11.3. The fourth-order valence-corrected chi connectivity index (χ4v) is 4.50. The Kier molecular flexibility index (Phi) is 7.93. The van der Waals surface area contributed by atoms with Crippen LogP contribution in [-0.4, -0.2) is 109 Å². The SMILES string of the molecule is O=C(O)C1C[C@@H](O)CN(C[C@@H]2C(COS(=O)(=O)O)OCC(NS(=O)(=O)O)[C@@H]2O)C1. The molecule has 2 heterocycles. The first kappa shape index (κ1) is 24.3. The van der Waals surface area contributed by atoms with Crippen LogP contribution in [-0.2, 0) is 34.4 Å². The lowest BCUT2D eigenvalue weighted by Gasteiger charge is -2.43. The third kappa shape index (κ3) is 7.67. The highest BCUT2D eigenvalue weighted by Crippen LogP contribution is 2.27. The summed E-state index contributed by atoms with van der Waals surface area (Å²) in [5.74, 6) is -3.00. The summed E-state index contributed by atoms with van der Waals surface area (Å²) < 4.78 is 73.0. The topological polar surface area (TPSA) is 220 Å². The van der Waals surface area contributed by atoms with Gasteiger partial charge in [0.1, 0.15) is 0 Å². The van der Waals surface area contributed by atoms with E-state index in [1.54, 1.807) is 4.72 Å². The van der Waals surface area contributed by atoms with Crippen molar-refractivity contribution in [1.29, 1.82) is 0 Å². The number of β-amino-alcohol motifs (C(OH)–C–C–N with tert-alkyl or cyclic N) is 1. The minimum atomic E-state index is -4.81. The Bertz CT molecular complexity index is 786. The third-order valence-corrected chi connectivity index (χ3v) is 5.86. The predicted molar refractivity (Wildman–Crippen MR) is 93.4 cm³/mol. The first-order valence-electron chi connectivity index (χ1n) is 8.54. The van der Waals surface area contributed by atoms with E-state index in [0.29, 0.717) is 0 Å². The minimum absolute atomic E-state index is 0.0257. The van der Waals surface area contributed by atoms with Gasteiger partial charge in [0.2, 0.25) is 0 Å². The van der Waals surface area contributed by atoms with E-state index in [-0.39, 0.29) is 26.1 Å². The second kappa shape index (κ2) is 9.46. The largest absolute Gasteiger partial charge is 0.481 e. The van der Waals surface area contributed by atoms with Gasteiger partial charge in [0.25, 0.3) is 0 Å². The molecule has 2 fully saturated rings. The van der Waals surface area contributed by atoms with E-state index < -0.39 is 76.1 Å². The molecule has 2 aliphatic rings. The molecule has 0 aliphatic carbocycles. The molecule has 14 nitrogen and oxygen atoms in total. The van der Waals surface area contributed by atoms with Crippen LogP contribution in [0.5, 0.6) is 0 Å². The average Bonchev–Trinajstić information content (AvgIpc) is 2.55. The molecule has 0 spiro atoms. The molecule has 0 amide bonds. The zero-order valence-electron chi connectivity index (χ0n) is 15.1. The van der Waals surface area contributed by atoms with E-state index in [9.17, 15) is 36.9 Å². The van der Waals surface area contributed by atoms with Gasteiger partial charge in [-0.3, -0.25) is 18.8 Å². The highest BCUT2D eigenvalue weighted by atomic mass is 32.3. The number of nitrogens with zero attached hydrogens (tertiary/aromatic N) is 1. The van der Waals surface area contributed by atoms with Crippen LogP contribution < -0.4 is 4.72 Å². The van der Waals surface area contributed by atoms with Gasteiger partial charge in [-0.25, -0.2) is 4.18 Å². The Hall–Kier alpha value is -0.950. The number of nitrogens with one attached hydrogen (secondary N) is 1. The smallest absolute Gasteiger partial charge is 0.397 e. The molecule has 0 radical (unpaired) electrons. The molecule has 2 rings (SSSR count). The number of carboxylic acids is 1. The Morgan fingerprint density at radius 3 is 2.38 bits per heavy atom. The van der Waals surface area contributed by atoms with Gasteiger partial charge in [-0.2, -0.15) is 21.6 Å². The summed E-state index contributed by atoms with van der Waals surface area (Å²) in [5.41, 5.74) is 0. The third-order valence-electron chi connectivity index (χ3n) is 4.82. The number of rotatable bonds is 8. The summed E-state index contributed by atoms with van der Waals surface area (Å²) in [6.45, 7) is -1.15. The number of carbonyl (C=O) groups is 1. The lowest BCUT2D eigenvalue weighted by Crippen LogP contribution is -2.60. The van der Waals surface area contributed by atoms with Crippen LogP contribution in [0.2, 0.25) is 0 Å². The maximum Gasteiger partial charge on any atom is 0.397 e. The summed E-state index contributed by atoms with van der Waals surface area (Å²) in [5, 5.41) is 29.7. The van der Waals surface area contributed by atoms with E-state index in [1.165, 1.54) is 4.90 Å². The molecular weight excluding hydrogens is 440 g/mol. The fourth-order valence-electron chi connectivity index (χ4n) is 3.60. The second-order valence-electron chi connectivity index (χ2n) is 7.08. The number of ether oxygens (including phenoxy) is 1. The molecule has 6 N–H and O–H groups in total. The standard InChI is InChI=1S/C13H24N2O12S2/c16-8-1-7(13(18)19)2-15(3-8)4-9-11(6-27-29(23,24)25)26-5-10(12(9)17)14-28(20,21)22/h7-12,14,16-17H,1-6H2,(H,18,19)(H,20,21,22)(H,23,24,25)/t7?,8-,9-,10?,11?,12-/m1/s1. The van der Waals surface area contributed by atoms with E-state index in [0.717, 1.165) is 0 Å². The molecule has 2 saturated heterocycles. The molecule has 0 bridgehead atoms. The van der Waals surface area contributed by atoms with Crippen LogP contribution in [0.3, 0.4) is 0 Å². The van der Waals surface area contributed by atoms with E-state index in [1.807, 2.05) is 0 Å². The Balaban J connectivity index is 2.17. The molecule has 16 heteroatoms. The predicted octanol–water partition coefficient (Wildman–Crippen LogP) is -3.29. The van der Waals surface area contributed by atoms with Crippen molar-refractivity contribution in [1.82, 2.24) is 9.62 Å². The van der Waals surface area contributed by atoms with Gasteiger partial charge in [0.15, 0.2) is 0 Å². The van der Waals surface area contributed by atoms with Gasteiger partial charge in [-0.1, -0.05) is 0 Å². The first-order chi connectivity index (χ1) is 13.2. The van der Waals surface area contributed by atoms with Gasteiger partial charge in [0, 0.05) is 25.6 Å². The maximum atomic E-state index is 11.3. The van der Waals surface area contributed by atoms with Crippen molar-refractivity contribution in [3.05, 3.63) is 0 Å². The van der Waals surface area contributed by atoms with Gasteiger partial charge in [-0.15, -0.1) is 0 Å². The number of likely N-dealkylation sites (tertiary alicyclic amines) is 1. The Morgan fingerprint density at radius 1 is 1.17 bits per heavy atom. The minimum Gasteiger partial charge on any atom is -0.481 e. The summed E-state index contributed by atoms with van der Waals surface area (Å²) in [4.78, 5) is 12.8. The number of carboxylic acid groups (broad SMARTS) is 1. The van der Waals surface area contributed by atoms with Gasteiger partial charge >= 0.3 is 26.7 Å². The van der Waals surface area contributed by atoms with Gasteiger partial charge < -0.3 is 20.1 Å². The molecule has 29 heavy (non-hydrogen) atoms. The van der Waals surface area contributed by atoms with E-state index in [4.69, 9.17) is 13.8 Å². The average molecular weight is 464 g/mol. The monoisotopic (exact) mass is 464 g/mol. The van der Waals surface area contributed by atoms with Crippen molar-refractivity contribution in [2.75, 3.05) is 32.8 Å². The molecular formula is C13H24N2O12S2. The van der Waals surface area contributed by atoms with Crippen LogP contribution in [0.4, 0.5) is 0 Å². The Morgan fingerprint density at radius 2 is 1.83 bits per heavy atom. The lowest BCUT2D eigenvalue weighted by molar-refractivity contribution is -0.148.